The van der Waals surface area contributed by atoms with Gasteiger partial charge >= 0.3 is 5.97 Å². The zero-order valence-corrected chi connectivity index (χ0v) is 31.0. The van der Waals surface area contributed by atoms with Crippen LogP contribution in [0.2, 0.25) is 0 Å². The first-order chi connectivity index (χ1) is 26.2. The minimum atomic E-state index is -1.50. The predicted octanol–water partition coefficient (Wildman–Crippen LogP) is 0.683. The quantitative estimate of drug-likeness (QED) is 0.120. The van der Waals surface area contributed by atoms with Crippen molar-refractivity contribution in [2.75, 3.05) is 16.4 Å². The summed E-state index contributed by atoms with van der Waals surface area (Å²) in [5, 5.41) is 31.9. The Morgan fingerprint density at radius 2 is 1.75 bits per heavy atom. The standard InChI is InChI=1S/C34H33N11O8S2/c1-16(35)28(48)43(17(2)46)21-11-9-19(10-12-21)26-37-13-22(27(47)38-26)29(49)44(30(50)23(36)18-7-5-4-6-8-18)25-31(51)45-24(33(52)53)20(14-54-32(25)45)15-55-34-39-40-41-42(34)3/h4-13,16,23,25,32H,14-15,35-36H2,1-3H3,(H,52,53)(H,37,38,47)/t16?,23?,25?,32-/m0/s1. The van der Waals surface area contributed by atoms with Crippen molar-refractivity contribution in [2.45, 2.75) is 42.5 Å². The number of tetrazole rings is 1. The topological polar surface area (TPSA) is 274 Å². The fourth-order valence-corrected chi connectivity index (χ4v) is 8.29. The first-order valence-corrected chi connectivity index (χ1v) is 18.4. The molecule has 284 valence electrons. The number of rotatable bonds is 11. The van der Waals surface area contributed by atoms with Crippen LogP contribution in [0.5, 0.6) is 5.88 Å². The Bertz CT molecular complexity index is 2230. The number of carbonyl (C=O) groups is 6. The number of aromatic hydroxyl groups is 1. The number of imide groups is 2. The predicted molar refractivity (Wildman–Crippen MR) is 197 cm³/mol. The maximum absolute atomic E-state index is 14.3. The Morgan fingerprint density at radius 1 is 1.05 bits per heavy atom. The molecule has 2 aliphatic rings. The number of benzene rings is 2. The second-order valence-corrected chi connectivity index (χ2v) is 14.4. The molecule has 19 nitrogen and oxygen atoms in total. The Hall–Kier alpha value is -6.03. The van der Waals surface area contributed by atoms with E-state index >= 15 is 0 Å². The molecular formula is C34H33N11O8S2. The van der Waals surface area contributed by atoms with Gasteiger partial charge in [0.05, 0.1) is 11.7 Å². The molecule has 0 saturated carbocycles. The maximum atomic E-state index is 14.3. The summed E-state index contributed by atoms with van der Waals surface area (Å²) in [6.45, 7) is 2.66. The molecule has 4 atom stereocenters. The molecule has 2 aromatic carbocycles. The number of carboxylic acids is 1. The highest BCUT2D eigenvalue weighted by Gasteiger charge is 2.59. The molecule has 0 aliphatic carbocycles. The second kappa shape index (κ2) is 15.8. The first-order valence-electron chi connectivity index (χ1n) is 16.4. The van der Waals surface area contributed by atoms with Crippen molar-refractivity contribution < 1.29 is 39.0 Å². The monoisotopic (exact) mass is 787 g/mol. The maximum Gasteiger partial charge on any atom is 0.352 e. The molecule has 0 radical (unpaired) electrons. The van der Waals surface area contributed by atoms with Gasteiger partial charge in [-0.15, -0.1) is 16.9 Å². The van der Waals surface area contributed by atoms with Crippen LogP contribution in [0.25, 0.3) is 11.4 Å². The Labute approximate surface area is 320 Å². The molecule has 4 aromatic rings. The van der Waals surface area contributed by atoms with E-state index in [1.807, 2.05) is 0 Å². The van der Waals surface area contributed by atoms with E-state index < -0.39 is 70.4 Å². The van der Waals surface area contributed by atoms with Crippen LogP contribution in [0, 0.1) is 0 Å². The summed E-state index contributed by atoms with van der Waals surface area (Å²) < 4.78 is 1.42. The number of hydrogen-bond acceptors (Lipinski definition) is 16. The second-order valence-electron chi connectivity index (χ2n) is 12.3. The van der Waals surface area contributed by atoms with Crippen LogP contribution in [0.4, 0.5) is 5.69 Å². The molecule has 55 heavy (non-hydrogen) atoms. The number of fused-ring (bicyclic) bond motifs is 1. The third kappa shape index (κ3) is 7.41. The lowest BCUT2D eigenvalue weighted by molar-refractivity contribution is -0.157. The SMILES string of the molecule is CC(=O)N(C(=O)C(C)N)c1ccc(-c2ncc(C(=O)N(C(=O)C(N)c3ccccc3)C3C(=O)N4C(C(=O)O)=C(CSc5nnnn5C)CS[C@@H]34)c(O)n2)cc1. The first kappa shape index (κ1) is 38.7. The van der Waals surface area contributed by atoms with Gasteiger partial charge in [0.25, 0.3) is 17.7 Å². The smallest absolute Gasteiger partial charge is 0.352 e. The summed E-state index contributed by atoms with van der Waals surface area (Å²) in [7, 11) is 1.62. The van der Waals surface area contributed by atoms with E-state index in [1.54, 1.807) is 37.4 Å². The van der Waals surface area contributed by atoms with Crippen LogP contribution in [0.1, 0.15) is 35.8 Å². The van der Waals surface area contributed by atoms with E-state index in [2.05, 4.69) is 25.5 Å². The molecule has 2 aromatic heterocycles. The number of carboxylic acid groups (broad SMARTS) is 1. The van der Waals surface area contributed by atoms with Crippen molar-refractivity contribution in [3.8, 4) is 17.3 Å². The molecular weight excluding hydrogens is 755 g/mol. The summed E-state index contributed by atoms with van der Waals surface area (Å²) in [4.78, 5) is 90.5. The number of anilines is 1. The lowest BCUT2D eigenvalue weighted by Crippen LogP contribution is -2.72. The van der Waals surface area contributed by atoms with Crippen LogP contribution in [-0.4, -0.2) is 115 Å². The van der Waals surface area contributed by atoms with Gasteiger partial charge in [0, 0.05) is 37.2 Å². The molecule has 6 N–H and O–H groups in total. The lowest BCUT2D eigenvalue weighted by Gasteiger charge is -2.52. The highest BCUT2D eigenvalue weighted by molar-refractivity contribution is 8.01. The zero-order valence-electron chi connectivity index (χ0n) is 29.3. The lowest BCUT2D eigenvalue weighted by atomic mass is 9.98. The average Bonchev–Trinajstić information content (AvgIpc) is 3.59. The number of nitrogens with two attached hydrogens (primary N) is 2. The Kier molecular flexibility index (Phi) is 11.1. The minimum Gasteiger partial charge on any atom is -0.493 e. The summed E-state index contributed by atoms with van der Waals surface area (Å²) in [5.41, 5.74) is 12.5. The van der Waals surface area contributed by atoms with Crippen molar-refractivity contribution in [3.05, 3.63) is 83.2 Å². The molecule has 3 unspecified atom stereocenters. The summed E-state index contributed by atoms with van der Waals surface area (Å²) >= 11 is 2.33. The van der Waals surface area contributed by atoms with Crippen LogP contribution < -0.4 is 16.4 Å². The van der Waals surface area contributed by atoms with Gasteiger partial charge in [-0.2, -0.15) is 4.98 Å². The normalized spacial score (nSPS) is 17.5. The molecule has 0 bridgehead atoms. The average molecular weight is 788 g/mol. The third-order valence-electron chi connectivity index (χ3n) is 8.65. The zero-order chi connectivity index (χ0) is 39.7. The van der Waals surface area contributed by atoms with Crippen molar-refractivity contribution in [2.24, 2.45) is 18.5 Å². The third-order valence-corrected chi connectivity index (χ3v) is 11.1. The van der Waals surface area contributed by atoms with Gasteiger partial charge in [-0.25, -0.2) is 19.4 Å². The van der Waals surface area contributed by atoms with Crippen LogP contribution in [0.15, 0.2) is 77.2 Å². The number of β-lactam (4-membered cyclic amide) rings is 1. The van der Waals surface area contributed by atoms with Gasteiger partial charge < -0.3 is 21.7 Å². The molecule has 0 spiro atoms. The number of aromatic nitrogens is 6. The number of aryl methyl sites for hydroxylation is 1. The van der Waals surface area contributed by atoms with E-state index in [0.717, 1.165) is 27.8 Å². The van der Waals surface area contributed by atoms with Gasteiger partial charge in [0.15, 0.2) is 5.82 Å². The highest BCUT2D eigenvalue weighted by atomic mass is 32.2. The highest BCUT2D eigenvalue weighted by Crippen LogP contribution is 2.44. The van der Waals surface area contributed by atoms with E-state index in [4.69, 9.17) is 11.5 Å². The molecule has 21 heteroatoms. The number of nitrogens with zero attached hydrogens (tertiary/aromatic N) is 9. The van der Waals surface area contributed by atoms with Crippen molar-refractivity contribution >= 4 is 64.7 Å². The molecule has 1 fully saturated rings. The van der Waals surface area contributed by atoms with E-state index in [-0.39, 0.29) is 28.7 Å². The molecule has 5 amide bonds. The number of thioether (sulfide) groups is 2. The van der Waals surface area contributed by atoms with Gasteiger partial charge in [-0.05, 0) is 52.8 Å². The fraction of sp³-hybridized carbons (Fsp3) is 0.265. The summed E-state index contributed by atoms with van der Waals surface area (Å²) in [6, 6.07) is 10.1. The van der Waals surface area contributed by atoms with Crippen LogP contribution in [-0.2, 0) is 31.0 Å². The Morgan fingerprint density at radius 3 is 2.33 bits per heavy atom. The van der Waals surface area contributed by atoms with Crippen LogP contribution >= 0.6 is 23.5 Å². The molecule has 2 aliphatic heterocycles. The molecule has 6 rings (SSSR count). The van der Waals surface area contributed by atoms with Crippen molar-refractivity contribution in [1.29, 1.82) is 0 Å². The van der Waals surface area contributed by atoms with E-state index in [0.29, 0.717) is 26.8 Å². The van der Waals surface area contributed by atoms with E-state index in [9.17, 15) is 39.0 Å². The molecule has 1 saturated heterocycles. The number of amides is 5. The van der Waals surface area contributed by atoms with Gasteiger partial charge in [0.2, 0.25) is 22.9 Å². The van der Waals surface area contributed by atoms with Gasteiger partial charge in [-0.3, -0.25) is 33.8 Å². The van der Waals surface area contributed by atoms with Gasteiger partial charge in [-0.1, -0.05) is 42.1 Å². The number of aliphatic carboxylic acids is 1. The number of hydrogen-bond donors (Lipinski definition) is 4. The van der Waals surface area contributed by atoms with Crippen LogP contribution in [0.3, 0.4) is 0 Å². The Balaban J connectivity index is 1.31. The van der Waals surface area contributed by atoms with Gasteiger partial charge in [0.1, 0.15) is 28.7 Å². The van der Waals surface area contributed by atoms with E-state index in [1.165, 1.54) is 54.6 Å². The largest absolute Gasteiger partial charge is 0.493 e. The summed E-state index contributed by atoms with van der Waals surface area (Å²) in [5.74, 6) is -6.12. The van der Waals surface area contributed by atoms with Crippen molar-refractivity contribution in [1.82, 2.24) is 40.0 Å². The minimum absolute atomic E-state index is 0.0557. The van der Waals surface area contributed by atoms with Crippen molar-refractivity contribution in [3.63, 3.8) is 0 Å². The number of carbonyl (C=O) groups excluding carboxylic acids is 5. The fourth-order valence-electron chi connectivity index (χ4n) is 5.91. The molecule has 4 heterocycles. The summed E-state index contributed by atoms with van der Waals surface area (Å²) in [6.07, 6.45) is 0.984.